The molecule has 0 unspecified atom stereocenters. The van der Waals surface area contributed by atoms with Gasteiger partial charge in [-0.25, -0.2) is 8.42 Å². The van der Waals surface area contributed by atoms with E-state index in [0.717, 1.165) is 24.8 Å². The maximum absolute atomic E-state index is 12.8. The standard InChI is InChI=1S/C24H29N3O5S/c28-23(26-14-16-32-17-15-26)18-19-4-8-21(9-5-19)25-24(29)20-6-10-22(11-7-20)33(30,31)27-12-2-1-3-13-27/h4-11H,1-3,12-18H2,(H,25,29). The number of hydrogen-bond donors (Lipinski definition) is 1. The molecule has 0 atom stereocenters. The van der Waals surface area contributed by atoms with Gasteiger partial charge in [-0.2, -0.15) is 4.31 Å². The summed E-state index contributed by atoms with van der Waals surface area (Å²) in [6.07, 6.45) is 3.11. The lowest BCUT2D eigenvalue weighted by Crippen LogP contribution is -2.41. The largest absolute Gasteiger partial charge is 0.378 e. The van der Waals surface area contributed by atoms with Gasteiger partial charge in [0.15, 0.2) is 0 Å². The topological polar surface area (TPSA) is 96.0 Å². The summed E-state index contributed by atoms with van der Waals surface area (Å²) in [5.74, 6) is -0.260. The van der Waals surface area contributed by atoms with Crippen molar-refractivity contribution >= 4 is 27.5 Å². The number of morpholine rings is 1. The molecule has 9 heteroatoms. The van der Waals surface area contributed by atoms with Gasteiger partial charge in [0, 0.05) is 37.4 Å². The van der Waals surface area contributed by atoms with Crippen LogP contribution in [-0.2, 0) is 26.0 Å². The highest BCUT2D eigenvalue weighted by molar-refractivity contribution is 7.89. The lowest BCUT2D eigenvalue weighted by molar-refractivity contribution is -0.134. The van der Waals surface area contributed by atoms with Crippen LogP contribution in [0.5, 0.6) is 0 Å². The fraction of sp³-hybridized carbons (Fsp3) is 0.417. The Morgan fingerprint density at radius 1 is 0.848 bits per heavy atom. The predicted octanol–water partition coefficient (Wildman–Crippen LogP) is 2.51. The molecule has 8 nitrogen and oxygen atoms in total. The molecule has 176 valence electrons. The second-order valence-electron chi connectivity index (χ2n) is 8.31. The molecule has 2 aliphatic heterocycles. The van der Waals surface area contributed by atoms with Crippen molar-refractivity contribution < 1.29 is 22.7 Å². The minimum absolute atomic E-state index is 0.0645. The van der Waals surface area contributed by atoms with Gasteiger partial charge in [-0.3, -0.25) is 9.59 Å². The minimum atomic E-state index is -3.52. The Balaban J connectivity index is 1.34. The summed E-state index contributed by atoms with van der Waals surface area (Å²) < 4.78 is 32.3. The number of carbonyl (C=O) groups excluding carboxylic acids is 2. The number of carbonyl (C=O) groups is 2. The van der Waals surface area contributed by atoms with E-state index in [2.05, 4.69) is 5.32 Å². The van der Waals surface area contributed by atoms with Crippen LogP contribution in [0.4, 0.5) is 5.69 Å². The lowest BCUT2D eigenvalue weighted by Gasteiger charge is -2.26. The first-order chi connectivity index (χ1) is 15.9. The van der Waals surface area contributed by atoms with Crippen molar-refractivity contribution in [3.63, 3.8) is 0 Å². The Morgan fingerprint density at radius 3 is 2.12 bits per heavy atom. The first-order valence-electron chi connectivity index (χ1n) is 11.3. The molecule has 2 aromatic rings. The molecule has 1 N–H and O–H groups in total. The van der Waals surface area contributed by atoms with E-state index < -0.39 is 10.0 Å². The van der Waals surface area contributed by atoms with Gasteiger partial charge >= 0.3 is 0 Å². The third kappa shape index (κ3) is 5.79. The van der Waals surface area contributed by atoms with Gasteiger partial charge in [-0.1, -0.05) is 18.6 Å². The second-order valence-corrected chi connectivity index (χ2v) is 10.2. The van der Waals surface area contributed by atoms with Gasteiger partial charge in [0.1, 0.15) is 0 Å². The van der Waals surface area contributed by atoms with Gasteiger partial charge < -0.3 is 15.0 Å². The number of hydrogen-bond acceptors (Lipinski definition) is 5. The average Bonchev–Trinajstić information content (AvgIpc) is 2.86. The van der Waals surface area contributed by atoms with Crippen molar-refractivity contribution in [1.29, 1.82) is 0 Å². The van der Waals surface area contributed by atoms with Crippen LogP contribution in [0, 0.1) is 0 Å². The Morgan fingerprint density at radius 2 is 1.48 bits per heavy atom. The molecule has 0 saturated carbocycles. The quantitative estimate of drug-likeness (QED) is 0.699. The van der Waals surface area contributed by atoms with Crippen LogP contribution >= 0.6 is 0 Å². The summed E-state index contributed by atoms with van der Waals surface area (Å²) in [6.45, 7) is 3.46. The van der Waals surface area contributed by atoms with Crippen molar-refractivity contribution in [3.05, 3.63) is 59.7 Å². The summed E-state index contributed by atoms with van der Waals surface area (Å²) in [5, 5.41) is 2.81. The highest BCUT2D eigenvalue weighted by atomic mass is 32.2. The first-order valence-corrected chi connectivity index (χ1v) is 12.7. The van der Waals surface area contributed by atoms with E-state index in [4.69, 9.17) is 4.74 Å². The zero-order valence-electron chi connectivity index (χ0n) is 18.5. The molecule has 2 fully saturated rings. The van der Waals surface area contributed by atoms with Gasteiger partial charge in [-0.05, 0) is 54.8 Å². The molecule has 2 heterocycles. The van der Waals surface area contributed by atoms with E-state index in [1.807, 2.05) is 12.1 Å². The average molecular weight is 472 g/mol. The molecule has 2 aliphatic rings. The number of nitrogens with zero attached hydrogens (tertiary/aromatic N) is 2. The SMILES string of the molecule is O=C(Nc1ccc(CC(=O)N2CCOCC2)cc1)c1ccc(S(=O)(=O)N2CCCCC2)cc1. The van der Waals surface area contributed by atoms with E-state index in [9.17, 15) is 18.0 Å². The highest BCUT2D eigenvalue weighted by Crippen LogP contribution is 2.21. The van der Waals surface area contributed by atoms with E-state index in [-0.39, 0.29) is 16.7 Å². The maximum Gasteiger partial charge on any atom is 0.255 e. The molecule has 0 radical (unpaired) electrons. The van der Waals surface area contributed by atoms with Crippen molar-refractivity contribution in [2.45, 2.75) is 30.6 Å². The van der Waals surface area contributed by atoms with Crippen molar-refractivity contribution in [2.75, 3.05) is 44.7 Å². The maximum atomic E-state index is 12.8. The zero-order chi connectivity index (χ0) is 23.3. The van der Waals surface area contributed by atoms with Crippen LogP contribution in [-0.4, -0.2) is 68.8 Å². The molecule has 33 heavy (non-hydrogen) atoms. The van der Waals surface area contributed by atoms with E-state index in [1.165, 1.54) is 28.6 Å². The van der Waals surface area contributed by atoms with E-state index in [1.54, 1.807) is 17.0 Å². The zero-order valence-corrected chi connectivity index (χ0v) is 19.4. The van der Waals surface area contributed by atoms with Crippen LogP contribution in [0.25, 0.3) is 0 Å². The number of amides is 2. The molecular weight excluding hydrogens is 442 g/mol. The fourth-order valence-corrected chi connectivity index (χ4v) is 5.56. The van der Waals surface area contributed by atoms with Gasteiger partial charge in [0.2, 0.25) is 15.9 Å². The Bertz CT molecular complexity index is 1070. The number of nitrogens with one attached hydrogen (secondary N) is 1. The number of benzene rings is 2. The normalized spacial score (nSPS) is 17.5. The Kier molecular flexibility index (Phi) is 7.42. The van der Waals surface area contributed by atoms with Gasteiger partial charge in [0.25, 0.3) is 5.91 Å². The fourth-order valence-electron chi connectivity index (χ4n) is 4.04. The molecule has 0 aliphatic carbocycles. The van der Waals surface area contributed by atoms with Crippen molar-refractivity contribution in [1.82, 2.24) is 9.21 Å². The molecule has 4 rings (SSSR count). The summed E-state index contributed by atoms with van der Waals surface area (Å²) >= 11 is 0. The van der Waals surface area contributed by atoms with Crippen LogP contribution in [0.15, 0.2) is 53.4 Å². The van der Waals surface area contributed by atoms with E-state index in [0.29, 0.717) is 57.1 Å². The van der Waals surface area contributed by atoms with Crippen LogP contribution in [0.1, 0.15) is 35.2 Å². The molecule has 2 aromatic carbocycles. The van der Waals surface area contributed by atoms with Crippen LogP contribution in [0.3, 0.4) is 0 Å². The molecule has 2 saturated heterocycles. The Labute approximate surface area is 194 Å². The lowest BCUT2D eigenvalue weighted by atomic mass is 10.1. The van der Waals surface area contributed by atoms with Crippen LogP contribution < -0.4 is 5.32 Å². The molecule has 0 spiro atoms. The number of rotatable bonds is 6. The number of sulfonamides is 1. The molecular formula is C24H29N3O5S. The van der Waals surface area contributed by atoms with Crippen molar-refractivity contribution in [2.24, 2.45) is 0 Å². The minimum Gasteiger partial charge on any atom is -0.378 e. The summed E-state index contributed by atoms with van der Waals surface area (Å²) in [4.78, 5) is 27.0. The Hall–Kier alpha value is -2.75. The predicted molar refractivity (Wildman–Crippen MR) is 125 cm³/mol. The number of anilines is 1. The van der Waals surface area contributed by atoms with Crippen molar-refractivity contribution in [3.8, 4) is 0 Å². The number of piperidine rings is 1. The van der Waals surface area contributed by atoms with Gasteiger partial charge in [0.05, 0.1) is 24.5 Å². The number of ether oxygens (including phenoxy) is 1. The molecule has 2 amide bonds. The smallest absolute Gasteiger partial charge is 0.255 e. The monoisotopic (exact) mass is 471 g/mol. The summed E-state index contributed by atoms with van der Waals surface area (Å²) in [5.41, 5.74) is 1.85. The van der Waals surface area contributed by atoms with Crippen LogP contribution in [0.2, 0.25) is 0 Å². The first kappa shape index (κ1) is 23.4. The highest BCUT2D eigenvalue weighted by Gasteiger charge is 2.26. The third-order valence-electron chi connectivity index (χ3n) is 6.00. The summed E-state index contributed by atoms with van der Waals surface area (Å²) in [7, 11) is -3.52. The van der Waals surface area contributed by atoms with Gasteiger partial charge in [-0.15, -0.1) is 0 Å². The molecule has 0 bridgehead atoms. The third-order valence-corrected chi connectivity index (χ3v) is 7.91. The van der Waals surface area contributed by atoms with E-state index >= 15 is 0 Å². The summed E-state index contributed by atoms with van der Waals surface area (Å²) in [6, 6.07) is 13.2. The molecule has 0 aromatic heterocycles. The second kappa shape index (κ2) is 10.5.